The summed E-state index contributed by atoms with van der Waals surface area (Å²) in [6, 6.07) is 0.530. The Morgan fingerprint density at radius 2 is 1.08 bits per heavy atom. The van der Waals surface area contributed by atoms with Crippen molar-refractivity contribution in [3.8, 4) is 0 Å². The summed E-state index contributed by atoms with van der Waals surface area (Å²) in [7, 11) is 0. The van der Waals surface area contributed by atoms with Gasteiger partial charge >= 0.3 is 0 Å². The number of hydrogen-bond donors (Lipinski definition) is 2. The van der Waals surface area contributed by atoms with Crippen molar-refractivity contribution in [2.45, 2.75) is 37.8 Å². The van der Waals surface area contributed by atoms with Crippen LogP contribution in [0.15, 0.2) is 48.6 Å². The Labute approximate surface area is 148 Å². The predicted octanol–water partition coefficient (Wildman–Crippen LogP) is 1.61. The topological polar surface area (TPSA) is 89.7 Å². The molecule has 4 N–H and O–H groups in total. The number of carbonyl (C=O) groups excluding carboxylic acids is 2. The molecule has 6 heteroatoms. The van der Waals surface area contributed by atoms with Crippen LogP contribution in [0.4, 0.5) is 0 Å². The zero-order valence-corrected chi connectivity index (χ0v) is 14.3. The highest BCUT2D eigenvalue weighted by Gasteiger charge is 2.26. The van der Waals surface area contributed by atoms with Crippen molar-refractivity contribution in [3.63, 3.8) is 0 Å². The minimum Gasteiger partial charge on any atom is -0.412 e. The highest BCUT2D eigenvalue weighted by Crippen LogP contribution is 2.22. The van der Waals surface area contributed by atoms with Gasteiger partial charge in [0.05, 0.1) is 12.1 Å². The van der Waals surface area contributed by atoms with Gasteiger partial charge in [0.15, 0.2) is 0 Å². The summed E-state index contributed by atoms with van der Waals surface area (Å²) >= 11 is 0. The third-order valence-electron chi connectivity index (χ3n) is 4.56. The van der Waals surface area contributed by atoms with E-state index in [0.717, 1.165) is 12.8 Å². The van der Waals surface area contributed by atoms with Crippen LogP contribution in [0.25, 0.3) is 0 Å². The maximum atomic E-state index is 10.9. The summed E-state index contributed by atoms with van der Waals surface area (Å²) in [5, 5.41) is 5.88. The molecule has 0 spiro atoms. The Balaban J connectivity index is 0.000000222. The highest BCUT2D eigenvalue weighted by molar-refractivity contribution is 5.85. The smallest absolute Gasteiger partial charge is 0.220 e. The fourth-order valence-electron chi connectivity index (χ4n) is 3.28. The second kappa shape index (κ2) is 9.45. The van der Waals surface area contributed by atoms with Gasteiger partial charge in [-0.25, -0.2) is 0 Å². The van der Waals surface area contributed by atoms with E-state index in [9.17, 15) is 9.59 Å². The molecule has 5 nitrogen and oxygen atoms in total. The van der Waals surface area contributed by atoms with Gasteiger partial charge in [-0.3, -0.25) is 9.59 Å². The molecule has 0 aromatic heterocycles. The molecule has 2 heterocycles. The number of halogens is 1. The normalized spacial score (nSPS) is 31.8. The van der Waals surface area contributed by atoms with E-state index < -0.39 is 0 Å². The van der Waals surface area contributed by atoms with Gasteiger partial charge in [-0.15, -0.1) is 12.4 Å². The Kier molecular flexibility index (Phi) is 7.95. The molecule has 0 aromatic carbocycles. The monoisotopic (exact) mass is 352 g/mol. The summed E-state index contributed by atoms with van der Waals surface area (Å²) in [5.74, 6) is 1.45. The highest BCUT2D eigenvalue weighted by atomic mass is 35.5. The van der Waals surface area contributed by atoms with E-state index in [1.54, 1.807) is 0 Å². The van der Waals surface area contributed by atoms with E-state index in [2.05, 4.69) is 47.1 Å². The fraction of sp³-hybridized carbons (Fsp3) is 0.444. The van der Waals surface area contributed by atoms with Crippen molar-refractivity contribution in [2.24, 2.45) is 11.8 Å². The van der Waals surface area contributed by atoms with Crippen molar-refractivity contribution in [2.75, 3.05) is 0 Å². The van der Waals surface area contributed by atoms with E-state index in [0.29, 0.717) is 24.7 Å². The number of nitrogens with one attached hydrogen (secondary N) is 2. The lowest BCUT2D eigenvalue weighted by atomic mass is 9.87. The van der Waals surface area contributed by atoms with Crippen LogP contribution in [0.2, 0.25) is 0 Å². The van der Waals surface area contributed by atoms with Crippen molar-refractivity contribution in [1.29, 1.82) is 0 Å². The minimum atomic E-state index is 0. The van der Waals surface area contributed by atoms with E-state index in [1.165, 1.54) is 0 Å². The SMILES string of the molecule is Cl.O.O=C1CCC2C=CC=CC2N1.O=C1CCC2C=CC=CC2N1. The molecular weight excluding hydrogens is 328 g/mol. The van der Waals surface area contributed by atoms with Crippen LogP contribution in [0.5, 0.6) is 0 Å². The summed E-state index contributed by atoms with van der Waals surface area (Å²) in [6.07, 6.45) is 19.9. The van der Waals surface area contributed by atoms with Crippen LogP contribution in [-0.2, 0) is 9.59 Å². The summed E-state index contributed by atoms with van der Waals surface area (Å²) in [4.78, 5) is 21.9. The number of rotatable bonds is 0. The molecule has 2 aliphatic carbocycles. The van der Waals surface area contributed by atoms with Gasteiger partial charge in [-0.1, -0.05) is 48.6 Å². The molecule has 0 bridgehead atoms. The lowest BCUT2D eigenvalue weighted by Crippen LogP contribution is -2.43. The molecule has 2 fully saturated rings. The first-order chi connectivity index (χ1) is 10.7. The van der Waals surface area contributed by atoms with Gasteiger partial charge in [0.2, 0.25) is 11.8 Å². The van der Waals surface area contributed by atoms with E-state index in [-0.39, 0.29) is 41.8 Å². The maximum absolute atomic E-state index is 10.9. The average molecular weight is 353 g/mol. The van der Waals surface area contributed by atoms with E-state index in [4.69, 9.17) is 0 Å². The number of hydrogen-bond acceptors (Lipinski definition) is 2. The summed E-state index contributed by atoms with van der Waals surface area (Å²) < 4.78 is 0. The van der Waals surface area contributed by atoms with Gasteiger partial charge in [-0.2, -0.15) is 0 Å². The Morgan fingerprint density at radius 3 is 1.50 bits per heavy atom. The van der Waals surface area contributed by atoms with Gasteiger partial charge in [0.25, 0.3) is 0 Å². The van der Waals surface area contributed by atoms with Crippen molar-refractivity contribution < 1.29 is 15.1 Å². The molecule has 0 aromatic rings. The number of amides is 2. The summed E-state index contributed by atoms with van der Waals surface area (Å²) in [6.45, 7) is 0. The fourth-order valence-corrected chi connectivity index (χ4v) is 3.28. The molecule has 4 atom stereocenters. The number of piperidine rings is 2. The first-order valence-electron chi connectivity index (χ1n) is 8.01. The van der Waals surface area contributed by atoms with Crippen LogP contribution in [0.3, 0.4) is 0 Å². The number of allylic oxidation sites excluding steroid dienone is 4. The van der Waals surface area contributed by atoms with Gasteiger partial charge in [0.1, 0.15) is 0 Å². The average Bonchev–Trinajstić information content (AvgIpc) is 2.55. The van der Waals surface area contributed by atoms with Gasteiger partial charge in [-0.05, 0) is 12.8 Å². The number of carbonyl (C=O) groups is 2. The van der Waals surface area contributed by atoms with Gasteiger partial charge < -0.3 is 16.1 Å². The standard InChI is InChI=1S/2C9H11NO.ClH.H2O/c2*11-9-6-5-7-3-1-2-4-8(7)10-9;;/h2*1-4,7-8H,5-6H2,(H,10,11);1H;1H2. The quantitative estimate of drug-likeness (QED) is 0.693. The van der Waals surface area contributed by atoms with Crippen LogP contribution in [0.1, 0.15) is 25.7 Å². The van der Waals surface area contributed by atoms with Crippen molar-refractivity contribution >= 4 is 24.2 Å². The Morgan fingerprint density at radius 1 is 0.708 bits per heavy atom. The molecule has 24 heavy (non-hydrogen) atoms. The first kappa shape index (κ1) is 20.2. The maximum Gasteiger partial charge on any atom is 0.220 e. The zero-order chi connectivity index (χ0) is 15.4. The summed E-state index contributed by atoms with van der Waals surface area (Å²) in [5.41, 5.74) is 0. The minimum absolute atomic E-state index is 0. The number of fused-ring (bicyclic) bond motifs is 2. The second-order valence-electron chi connectivity index (χ2n) is 6.13. The van der Waals surface area contributed by atoms with Crippen molar-refractivity contribution in [3.05, 3.63) is 48.6 Å². The van der Waals surface area contributed by atoms with Gasteiger partial charge in [0, 0.05) is 24.7 Å². The first-order valence-corrected chi connectivity index (χ1v) is 8.01. The molecule has 0 saturated carbocycles. The second-order valence-corrected chi connectivity index (χ2v) is 6.13. The molecule has 2 aliphatic heterocycles. The molecule has 4 unspecified atom stereocenters. The predicted molar refractivity (Wildman–Crippen MR) is 96.7 cm³/mol. The largest absolute Gasteiger partial charge is 0.412 e. The molecule has 0 radical (unpaired) electrons. The van der Waals surface area contributed by atoms with Crippen LogP contribution >= 0.6 is 12.4 Å². The molecular formula is C18H25ClN2O3. The zero-order valence-electron chi connectivity index (χ0n) is 13.5. The lowest BCUT2D eigenvalue weighted by Gasteiger charge is -2.29. The van der Waals surface area contributed by atoms with E-state index >= 15 is 0 Å². The van der Waals surface area contributed by atoms with Crippen LogP contribution in [-0.4, -0.2) is 29.4 Å². The lowest BCUT2D eigenvalue weighted by molar-refractivity contribution is -0.124. The molecule has 132 valence electrons. The molecule has 2 amide bonds. The van der Waals surface area contributed by atoms with Crippen molar-refractivity contribution in [1.82, 2.24) is 10.6 Å². The molecule has 4 rings (SSSR count). The Bertz CT molecular complexity index is 519. The third kappa shape index (κ3) is 5.08. The van der Waals surface area contributed by atoms with E-state index in [1.807, 2.05) is 12.2 Å². The molecule has 2 saturated heterocycles. The van der Waals surface area contributed by atoms with Crippen LogP contribution < -0.4 is 10.6 Å². The molecule has 4 aliphatic rings. The Hall–Kier alpha value is -1.85. The van der Waals surface area contributed by atoms with Crippen LogP contribution in [0, 0.1) is 11.8 Å². The third-order valence-corrected chi connectivity index (χ3v) is 4.56.